The van der Waals surface area contributed by atoms with Gasteiger partial charge in [0.1, 0.15) is 18.1 Å². The number of carbonyl (C=O) groups is 1. The predicted molar refractivity (Wildman–Crippen MR) is 74.7 cm³/mol. The van der Waals surface area contributed by atoms with Crippen molar-refractivity contribution in [1.29, 1.82) is 0 Å². The van der Waals surface area contributed by atoms with E-state index in [2.05, 4.69) is 5.32 Å². The van der Waals surface area contributed by atoms with Crippen LogP contribution in [0.5, 0.6) is 5.75 Å². The fourth-order valence-electron chi connectivity index (χ4n) is 1.65. The molecule has 0 fully saturated rings. The molecule has 0 aliphatic carbocycles. The van der Waals surface area contributed by atoms with E-state index in [1.54, 1.807) is 34.9 Å². The van der Waals surface area contributed by atoms with Crippen LogP contribution in [0.15, 0.2) is 42.6 Å². The number of amides is 1. The lowest BCUT2D eigenvalue weighted by molar-refractivity contribution is 0.0939. The van der Waals surface area contributed by atoms with Crippen molar-refractivity contribution in [3.8, 4) is 5.75 Å². The number of nitrogens with zero attached hydrogens (tertiary/aromatic N) is 1. The van der Waals surface area contributed by atoms with E-state index in [4.69, 9.17) is 16.3 Å². The molecule has 0 saturated carbocycles. The number of hydrogen-bond donors (Lipinski definition) is 1. The number of hydrogen-bond acceptors (Lipinski definition) is 2. The quantitative estimate of drug-likeness (QED) is 0.854. The Morgan fingerprint density at radius 3 is 2.68 bits per heavy atom. The number of aromatic nitrogens is 1. The Morgan fingerprint density at radius 1 is 1.32 bits per heavy atom. The summed E-state index contributed by atoms with van der Waals surface area (Å²) in [6, 6.07) is 10.7. The standard InChI is InChI=1S/C14H15ClN2O2/c1-17-9-2-3-13(17)14(18)16-8-10-19-12-6-4-11(15)5-7-12/h2-7,9H,8,10H2,1H3,(H,16,18). The number of ether oxygens (including phenoxy) is 1. The van der Waals surface area contributed by atoms with Crippen molar-refractivity contribution >= 4 is 17.5 Å². The van der Waals surface area contributed by atoms with Crippen molar-refractivity contribution < 1.29 is 9.53 Å². The van der Waals surface area contributed by atoms with Gasteiger partial charge in [-0.05, 0) is 36.4 Å². The molecule has 1 aromatic carbocycles. The van der Waals surface area contributed by atoms with E-state index in [1.807, 2.05) is 19.3 Å². The van der Waals surface area contributed by atoms with Crippen LogP contribution in [0.1, 0.15) is 10.5 Å². The summed E-state index contributed by atoms with van der Waals surface area (Å²) in [6.07, 6.45) is 1.83. The molecule has 4 nitrogen and oxygen atoms in total. The highest BCUT2D eigenvalue weighted by molar-refractivity contribution is 6.30. The van der Waals surface area contributed by atoms with Crippen LogP contribution in [-0.4, -0.2) is 23.6 Å². The molecule has 100 valence electrons. The molecule has 0 bridgehead atoms. The second-order valence-corrected chi connectivity index (χ2v) is 4.50. The normalized spacial score (nSPS) is 10.2. The zero-order valence-corrected chi connectivity index (χ0v) is 11.4. The average Bonchev–Trinajstić information content (AvgIpc) is 2.83. The number of nitrogens with one attached hydrogen (secondary N) is 1. The van der Waals surface area contributed by atoms with Crippen LogP contribution in [0.3, 0.4) is 0 Å². The summed E-state index contributed by atoms with van der Waals surface area (Å²) < 4.78 is 7.25. The second kappa shape index (κ2) is 6.29. The fourth-order valence-corrected chi connectivity index (χ4v) is 1.78. The summed E-state index contributed by atoms with van der Waals surface area (Å²) in [7, 11) is 1.83. The Morgan fingerprint density at radius 2 is 2.05 bits per heavy atom. The van der Waals surface area contributed by atoms with Crippen LogP contribution in [-0.2, 0) is 7.05 Å². The summed E-state index contributed by atoms with van der Waals surface area (Å²) in [5, 5.41) is 3.47. The summed E-state index contributed by atoms with van der Waals surface area (Å²) in [5.74, 6) is 0.629. The fraction of sp³-hybridized carbons (Fsp3) is 0.214. The molecule has 1 N–H and O–H groups in total. The van der Waals surface area contributed by atoms with Crippen LogP contribution < -0.4 is 10.1 Å². The SMILES string of the molecule is Cn1cccc1C(=O)NCCOc1ccc(Cl)cc1. The molecule has 0 aliphatic rings. The highest BCUT2D eigenvalue weighted by atomic mass is 35.5. The second-order valence-electron chi connectivity index (χ2n) is 4.06. The number of halogens is 1. The summed E-state index contributed by atoms with van der Waals surface area (Å²) in [6.45, 7) is 0.866. The first-order chi connectivity index (χ1) is 9.16. The highest BCUT2D eigenvalue weighted by Gasteiger charge is 2.07. The maximum atomic E-state index is 11.8. The van der Waals surface area contributed by atoms with E-state index in [0.717, 1.165) is 5.75 Å². The molecule has 5 heteroatoms. The van der Waals surface area contributed by atoms with Gasteiger partial charge in [-0.1, -0.05) is 11.6 Å². The van der Waals surface area contributed by atoms with Gasteiger partial charge in [0, 0.05) is 18.3 Å². The van der Waals surface area contributed by atoms with Crippen molar-refractivity contribution in [2.75, 3.05) is 13.2 Å². The smallest absolute Gasteiger partial charge is 0.268 e. The minimum Gasteiger partial charge on any atom is -0.492 e. The average molecular weight is 279 g/mol. The molecule has 2 rings (SSSR count). The monoisotopic (exact) mass is 278 g/mol. The summed E-state index contributed by atoms with van der Waals surface area (Å²) in [4.78, 5) is 11.8. The Bertz CT molecular complexity index is 549. The Hall–Kier alpha value is -1.94. The molecule has 0 saturated heterocycles. The zero-order valence-electron chi connectivity index (χ0n) is 10.6. The van der Waals surface area contributed by atoms with E-state index < -0.39 is 0 Å². The van der Waals surface area contributed by atoms with E-state index in [-0.39, 0.29) is 5.91 Å². The molecule has 0 atom stereocenters. The maximum absolute atomic E-state index is 11.8. The largest absolute Gasteiger partial charge is 0.492 e. The van der Waals surface area contributed by atoms with Crippen molar-refractivity contribution in [3.63, 3.8) is 0 Å². The topological polar surface area (TPSA) is 43.3 Å². The van der Waals surface area contributed by atoms with Gasteiger partial charge in [-0.25, -0.2) is 0 Å². The molecule has 1 heterocycles. The first kappa shape index (κ1) is 13.5. The minimum absolute atomic E-state index is 0.104. The van der Waals surface area contributed by atoms with Crippen molar-refractivity contribution in [2.45, 2.75) is 0 Å². The molecular weight excluding hydrogens is 264 g/mol. The van der Waals surface area contributed by atoms with Crippen LogP contribution in [0.4, 0.5) is 0 Å². The number of carbonyl (C=O) groups excluding carboxylic acids is 1. The van der Waals surface area contributed by atoms with Crippen LogP contribution >= 0.6 is 11.6 Å². The van der Waals surface area contributed by atoms with E-state index in [9.17, 15) is 4.79 Å². The predicted octanol–water partition coefficient (Wildman–Crippen LogP) is 2.49. The van der Waals surface area contributed by atoms with Crippen LogP contribution in [0.2, 0.25) is 5.02 Å². The van der Waals surface area contributed by atoms with Crippen molar-refractivity contribution in [1.82, 2.24) is 9.88 Å². The summed E-state index contributed by atoms with van der Waals surface area (Å²) >= 11 is 5.77. The molecule has 19 heavy (non-hydrogen) atoms. The van der Waals surface area contributed by atoms with Crippen LogP contribution in [0.25, 0.3) is 0 Å². The van der Waals surface area contributed by atoms with Gasteiger partial charge in [0.05, 0.1) is 6.54 Å². The lowest BCUT2D eigenvalue weighted by atomic mass is 10.3. The Labute approximate surface area is 116 Å². The van der Waals surface area contributed by atoms with Crippen molar-refractivity contribution in [3.05, 3.63) is 53.3 Å². The molecule has 0 unspecified atom stereocenters. The van der Waals surface area contributed by atoms with Gasteiger partial charge in [0.15, 0.2) is 0 Å². The lowest BCUT2D eigenvalue weighted by Crippen LogP contribution is -2.29. The zero-order chi connectivity index (χ0) is 13.7. The molecule has 0 aliphatic heterocycles. The van der Waals surface area contributed by atoms with Gasteiger partial charge < -0.3 is 14.6 Å². The minimum atomic E-state index is -0.104. The Kier molecular flexibility index (Phi) is 4.47. The molecule has 0 spiro atoms. The molecule has 1 amide bonds. The van der Waals surface area contributed by atoms with Gasteiger partial charge >= 0.3 is 0 Å². The molecule has 1 aromatic heterocycles. The van der Waals surface area contributed by atoms with Crippen molar-refractivity contribution in [2.24, 2.45) is 7.05 Å². The van der Waals surface area contributed by atoms with Gasteiger partial charge in [-0.2, -0.15) is 0 Å². The Balaban J connectivity index is 1.74. The number of rotatable bonds is 5. The first-order valence-electron chi connectivity index (χ1n) is 5.95. The van der Waals surface area contributed by atoms with E-state index in [1.165, 1.54) is 0 Å². The molecule has 0 radical (unpaired) electrons. The van der Waals surface area contributed by atoms with Gasteiger partial charge in [0.2, 0.25) is 0 Å². The van der Waals surface area contributed by atoms with E-state index >= 15 is 0 Å². The lowest BCUT2D eigenvalue weighted by Gasteiger charge is -2.08. The summed E-state index contributed by atoms with van der Waals surface area (Å²) in [5.41, 5.74) is 0.631. The number of aryl methyl sites for hydroxylation is 1. The van der Waals surface area contributed by atoms with Crippen LogP contribution in [0, 0.1) is 0 Å². The first-order valence-corrected chi connectivity index (χ1v) is 6.32. The van der Waals surface area contributed by atoms with Gasteiger partial charge in [0.25, 0.3) is 5.91 Å². The van der Waals surface area contributed by atoms with Gasteiger partial charge in [-0.15, -0.1) is 0 Å². The molecular formula is C14H15ClN2O2. The molecule has 2 aromatic rings. The maximum Gasteiger partial charge on any atom is 0.268 e. The highest BCUT2D eigenvalue weighted by Crippen LogP contribution is 2.15. The third-order valence-electron chi connectivity index (χ3n) is 2.65. The van der Waals surface area contributed by atoms with E-state index in [0.29, 0.717) is 23.9 Å². The van der Waals surface area contributed by atoms with Gasteiger partial charge in [-0.3, -0.25) is 4.79 Å². The number of benzene rings is 1. The third kappa shape index (κ3) is 3.76. The third-order valence-corrected chi connectivity index (χ3v) is 2.90.